The molecular formula is C15H20ClN3O2. The molecule has 0 unspecified atom stereocenters. The van der Waals surface area contributed by atoms with Crippen molar-refractivity contribution in [2.45, 2.75) is 20.3 Å². The number of nitrogens with zero attached hydrogens (tertiary/aromatic N) is 3. The molecule has 1 aromatic rings. The number of carbonyl (C=O) groups excluding carboxylic acids is 2. The van der Waals surface area contributed by atoms with Crippen molar-refractivity contribution in [1.82, 2.24) is 14.8 Å². The van der Waals surface area contributed by atoms with Crippen LogP contribution in [0, 0.1) is 5.92 Å². The Morgan fingerprint density at radius 3 is 2.43 bits per heavy atom. The van der Waals surface area contributed by atoms with E-state index in [1.54, 1.807) is 17.0 Å². The minimum atomic E-state index is -0.0599. The lowest BCUT2D eigenvalue weighted by atomic mass is 10.1. The zero-order valence-electron chi connectivity index (χ0n) is 12.4. The lowest BCUT2D eigenvalue weighted by Gasteiger charge is -2.35. The number of hydrogen-bond donors (Lipinski definition) is 0. The molecule has 1 saturated heterocycles. The third-order valence-electron chi connectivity index (χ3n) is 3.48. The lowest BCUT2D eigenvalue weighted by molar-refractivity contribution is -0.133. The molecule has 2 amide bonds. The normalized spacial score (nSPS) is 15.4. The molecule has 21 heavy (non-hydrogen) atoms. The van der Waals surface area contributed by atoms with Crippen LogP contribution in [0.25, 0.3) is 0 Å². The Bertz CT molecular complexity index is 525. The van der Waals surface area contributed by atoms with E-state index in [2.05, 4.69) is 4.98 Å². The van der Waals surface area contributed by atoms with Gasteiger partial charge in [-0.3, -0.25) is 9.59 Å². The predicted molar refractivity (Wildman–Crippen MR) is 81.2 cm³/mol. The van der Waals surface area contributed by atoms with E-state index in [0.717, 1.165) is 0 Å². The highest BCUT2D eigenvalue weighted by Crippen LogP contribution is 2.13. The summed E-state index contributed by atoms with van der Waals surface area (Å²) in [5.41, 5.74) is 0.539. The van der Waals surface area contributed by atoms with Crippen LogP contribution in [0.15, 0.2) is 18.3 Å². The van der Waals surface area contributed by atoms with E-state index >= 15 is 0 Å². The third-order valence-corrected chi connectivity index (χ3v) is 3.68. The van der Waals surface area contributed by atoms with Crippen molar-refractivity contribution in [1.29, 1.82) is 0 Å². The van der Waals surface area contributed by atoms with Crippen molar-refractivity contribution in [3.8, 4) is 0 Å². The smallest absolute Gasteiger partial charge is 0.254 e. The molecule has 114 valence electrons. The average molecular weight is 310 g/mol. The van der Waals surface area contributed by atoms with Crippen molar-refractivity contribution in [2.24, 2.45) is 5.92 Å². The van der Waals surface area contributed by atoms with Gasteiger partial charge < -0.3 is 9.80 Å². The van der Waals surface area contributed by atoms with E-state index in [9.17, 15) is 9.59 Å². The van der Waals surface area contributed by atoms with Crippen LogP contribution in [0.2, 0.25) is 5.15 Å². The second-order valence-electron chi connectivity index (χ2n) is 5.64. The van der Waals surface area contributed by atoms with Gasteiger partial charge in [-0.15, -0.1) is 0 Å². The van der Waals surface area contributed by atoms with Crippen molar-refractivity contribution >= 4 is 23.4 Å². The van der Waals surface area contributed by atoms with Gasteiger partial charge in [0.05, 0.1) is 0 Å². The van der Waals surface area contributed by atoms with Crippen LogP contribution in [0.5, 0.6) is 0 Å². The standard InChI is InChI=1S/C15H20ClN3O2/c1-11(2)9-14(20)18-5-7-19(8-6-18)15(21)12-3-4-17-13(16)10-12/h3-4,10-11H,5-9H2,1-2H3. The molecule has 1 aromatic heterocycles. The molecule has 2 heterocycles. The first-order valence-corrected chi connectivity index (χ1v) is 7.53. The zero-order valence-corrected chi connectivity index (χ0v) is 13.1. The summed E-state index contributed by atoms with van der Waals surface area (Å²) in [7, 11) is 0. The summed E-state index contributed by atoms with van der Waals surface area (Å²) in [5.74, 6) is 0.468. The summed E-state index contributed by atoms with van der Waals surface area (Å²) in [6.45, 7) is 6.37. The Morgan fingerprint density at radius 2 is 1.86 bits per heavy atom. The predicted octanol–water partition coefficient (Wildman–Crippen LogP) is 2.07. The lowest BCUT2D eigenvalue weighted by Crippen LogP contribution is -2.50. The SMILES string of the molecule is CC(C)CC(=O)N1CCN(C(=O)c2ccnc(Cl)c2)CC1. The zero-order chi connectivity index (χ0) is 15.4. The quantitative estimate of drug-likeness (QED) is 0.803. The Kier molecular flexibility index (Phi) is 5.17. The van der Waals surface area contributed by atoms with E-state index in [1.165, 1.54) is 6.20 Å². The van der Waals surface area contributed by atoms with Crippen LogP contribution in [0.4, 0.5) is 0 Å². The van der Waals surface area contributed by atoms with Crippen LogP contribution in [-0.4, -0.2) is 52.8 Å². The number of aromatic nitrogens is 1. The molecule has 0 N–H and O–H groups in total. The number of carbonyl (C=O) groups is 2. The molecular weight excluding hydrogens is 290 g/mol. The summed E-state index contributed by atoms with van der Waals surface area (Å²) in [6.07, 6.45) is 2.09. The molecule has 1 fully saturated rings. The highest BCUT2D eigenvalue weighted by molar-refractivity contribution is 6.29. The molecule has 1 aliphatic heterocycles. The Hall–Kier alpha value is -1.62. The largest absolute Gasteiger partial charge is 0.339 e. The van der Waals surface area contributed by atoms with Gasteiger partial charge in [0, 0.05) is 44.4 Å². The van der Waals surface area contributed by atoms with Crippen molar-refractivity contribution in [3.05, 3.63) is 29.0 Å². The maximum atomic E-state index is 12.3. The van der Waals surface area contributed by atoms with E-state index < -0.39 is 0 Å². The number of piperazine rings is 1. The topological polar surface area (TPSA) is 53.5 Å². The van der Waals surface area contributed by atoms with Crippen LogP contribution < -0.4 is 0 Å². The number of halogens is 1. The highest BCUT2D eigenvalue weighted by atomic mass is 35.5. The molecule has 5 nitrogen and oxygen atoms in total. The number of hydrogen-bond acceptors (Lipinski definition) is 3. The Morgan fingerprint density at radius 1 is 1.24 bits per heavy atom. The van der Waals surface area contributed by atoms with Crippen molar-refractivity contribution < 1.29 is 9.59 Å². The monoisotopic (exact) mass is 309 g/mol. The first-order chi connectivity index (χ1) is 9.97. The van der Waals surface area contributed by atoms with Crippen LogP contribution in [-0.2, 0) is 4.79 Å². The molecule has 0 aliphatic carbocycles. The number of amides is 2. The third kappa shape index (κ3) is 4.17. The molecule has 0 atom stereocenters. The van der Waals surface area contributed by atoms with Gasteiger partial charge in [0.15, 0.2) is 0 Å². The summed E-state index contributed by atoms with van der Waals surface area (Å²) >= 11 is 5.81. The van der Waals surface area contributed by atoms with E-state index in [4.69, 9.17) is 11.6 Å². The molecule has 0 bridgehead atoms. The molecule has 1 aliphatic rings. The van der Waals surface area contributed by atoms with E-state index in [0.29, 0.717) is 49.2 Å². The first-order valence-electron chi connectivity index (χ1n) is 7.16. The van der Waals surface area contributed by atoms with Crippen LogP contribution in [0.1, 0.15) is 30.6 Å². The maximum Gasteiger partial charge on any atom is 0.254 e. The Labute approximate surface area is 129 Å². The van der Waals surface area contributed by atoms with Crippen LogP contribution >= 0.6 is 11.6 Å². The van der Waals surface area contributed by atoms with Gasteiger partial charge in [0.2, 0.25) is 5.91 Å². The van der Waals surface area contributed by atoms with Crippen molar-refractivity contribution in [2.75, 3.05) is 26.2 Å². The van der Waals surface area contributed by atoms with Gasteiger partial charge >= 0.3 is 0 Å². The summed E-state index contributed by atoms with van der Waals surface area (Å²) in [4.78, 5) is 31.8. The first kappa shape index (κ1) is 15.8. The van der Waals surface area contributed by atoms with Gasteiger partial charge in [-0.1, -0.05) is 25.4 Å². The summed E-state index contributed by atoms with van der Waals surface area (Å²) in [5, 5.41) is 0.312. The summed E-state index contributed by atoms with van der Waals surface area (Å²) in [6, 6.07) is 3.23. The second kappa shape index (κ2) is 6.89. The highest BCUT2D eigenvalue weighted by Gasteiger charge is 2.25. The van der Waals surface area contributed by atoms with E-state index in [1.807, 2.05) is 18.7 Å². The fourth-order valence-electron chi connectivity index (χ4n) is 2.36. The van der Waals surface area contributed by atoms with Gasteiger partial charge in [-0.2, -0.15) is 0 Å². The number of pyridine rings is 1. The fourth-order valence-corrected chi connectivity index (χ4v) is 2.53. The molecule has 0 saturated carbocycles. The molecule has 6 heteroatoms. The molecule has 2 rings (SSSR count). The summed E-state index contributed by atoms with van der Waals surface area (Å²) < 4.78 is 0. The minimum absolute atomic E-state index is 0.0599. The second-order valence-corrected chi connectivity index (χ2v) is 6.03. The maximum absolute atomic E-state index is 12.3. The van der Waals surface area contributed by atoms with E-state index in [-0.39, 0.29) is 11.8 Å². The van der Waals surface area contributed by atoms with Gasteiger partial charge in [-0.05, 0) is 18.1 Å². The van der Waals surface area contributed by atoms with Gasteiger partial charge in [0.1, 0.15) is 5.15 Å². The molecule has 0 aromatic carbocycles. The van der Waals surface area contributed by atoms with Crippen LogP contribution in [0.3, 0.4) is 0 Å². The minimum Gasteiger partial charge on any atom is -0.339 e. The van der Waals surface area contributed by atoms with Crippen molar-refractivity contribution in [3.63, 3.8) is 0 Å². The fraction of sp³-hybridized carbons (Fsp3) is 0.533. The van der Waals surface area contributed by atoms with Gasteiger partial charge in [0.25, 0.3) is 5.91 Å². The molecule has 0 spiro atoms. The number of rotatable bonds is 3. The average Bonchev–Trinajstić information content (AvgIpc) is 2.46. The Balaban J connectivity index is 1.92. The molecule has 0 radical (unpaired) electrons. The van der Waals surface area contributed by atoms with Gasteiger partial charge in [-0.25, -0.2) is 4.98 Å².